The zero-order valence-corrected chi connectivity index (χ0v) is 9.14. The van der Waals surface area contributed by atoms with Crippen LogP contribution in [0.5, 0.6) is 0 Å². The number of hydrogen-bond acceptors (Lipinski definition) is 2. The smallest absolute Gasteiger partial charge is 0.335 e. The molecule has 0 radical (unpaired) electrons. The fraction of sp³-hybridized carbons (Fsp3) is 0.778. The van der Waals surface area contributed by atoms with Crippen molar-refractivity contribution in [3.8, 4) is 0 Å². The number of carbonyl (C=O) groups is 2. The molecule has 0 unspecified atom stereocenters. The first-order chi connectivity index (χ1) is 7.36. The number of Topliss-reactive ketones (excluding diaryl/α,β-unsaturated/α-hetero) is 1. The summed E-state index contributed by atoms with van der Waals surface area (Å²) < 4.78 is 36.2. The van der Waals surface area contributed by atoms with Crippen molar-refractivity contribution in [2.45, 2.75) is 19.0 Å². The van der Waals surface area contributed by atoms with Gasteiger partial charge in [-0.1, -0.05) is 0 Å². The Labute approximate surface area is 95.5 Å². The molecule has 16 heavy (non-hydrogen) atoms. The molecule has 1 aliphatic rings. The number of rotatable bonds is 2. The van der Waals surface area contributed by atoms with E-state index in [1.807, 2.05) is 0 Å². The first-order valence-corrected chi connectivity index (χ1v) is 5.34. The molecule has 1 aliphatic heterocycles. The quantitative estimate of drug-likeness (QED) is 0.705. The van der Waals surface area contributed by atoms with E-state index in [-0.39, 0.29) is 43.5 Å². The fourth-order valence-corrected chi connectivity index (χ4v) is 1.91. The van der Waals surface area contributed by atoms with Crippen molar-refractivity contribution in [1.82, 2.24) is 4.90 Å². The van der Waals surface area contributed by atoms with Crippen molar-refractivity contribution in [3.05, 3.63) is 0 Å². The van der Waals surface area contributed by atoms with Gasteiger partial charge in [0, 0.05) is 19.0 Å². The maximum atomic E-state index is 12.1. The molecular weight excluding hydrogens is 247 g/mol. The minimum Gasteiger partial charge on any atom is -0.335 e. The van der Waals surface area contributed by atoms with Gasteiger partial charge in [-0.3, -0.25) is 9.59 Å². The van der Waals surface area contributed by atoms with E-state index in [9.17, 15) is 22.8 Å². The van der Waals surface area contributed by atoms with Crippen molar-refractivity contribution in [1.29, 1.82) is 0 Å². The molecule has 1 saturated heterocycles. The number of amides is 1. The largest absolute Gasteiger partial charge is 0.471 e. The molecule has 0 atom stereocenters. The lowest BCUT2D eigenvalue weighted by molar-refractivity contribution is -0.186. The molecular formula is C9H11ClF3NO2. The van der Waals surface area contributed by atoms with Crippen molar-refractivity contribution >= 4 is 23.3 Å². The summed E-state index contributed by atoms with van der Waals surface area (Å²) in [6.45, 7) is -0.0721. The third-order valence-electron chi connectivity index (χ3n) is 2.61. The van der Waals surface area contributed by atoms with E-state index >= 15 is 0 Å². The number of piperidine rings is 1. The van der Waals surface area contributed by atoms with E-state index in [0.29, 0.717) is 0 Å². The van der Waals surface area contributed by atoms with Crippen LogP contribution in [-0.2, 0) is 9.59 Å². The topological polar surface area (TPSA) is 37.4 Å². The number of alkyl halides is 4. The third-order valence-corrected chi connectivity index (χ3v) is 2.88. The van der Waals surface area contributed by atoms with E-state index < -0.39 is 12.1 Å². The van der Waals surface area contributed by atoms with Gasteiger partial charge in [0.25, 0.3) is 0 Å². The zero-order chi connectivity index (χ0) is 12.3. The van der Waals surface area contributed by atoms with E-state index in [4.69, 9.17) is 11.6 Å². The maximum Gasteiger partial charge on any atom is 0.471 e. The monoisotopic (exact) mass is 257 g/mol. The molecule has 0 aromatic rings. The summed E-state index contributed by atoms with van der Waals surface area (Å²) in [6.07, 6.45) is -4.32. The SMILES string of the molecule is O=C(CCl)C1CCN(C(=O)C(F)(F)F)CC1. The van der Waals surface area contributed by atoms with Crippen molar-refractivity contribution in [2.75, 3.05) is 19.0 Å². The fourth-order valence-electron chi connectivity index (χ4n) is 1.69. The first-order valence-electron chi connectivity index (χ1n) is 4.81. The van der Waals surface area contributed by atoms with Crippen LogP contribution in [0.4, 0.5) is 13.2 Å². The van der Waals surface area contributed by atoms with Gasteiger partial charge in [-0.2, -0.15) is 13.2 Å². The second kappa shape index (κ2) is 5.03. The molecule has 0 aliphatic carbocycles. The van der Waals surface area contributed by atoms with Crippen molar-refractivity contribution in [3.63, 3.8) is 0 Å². The van der Waals surface area contributed by atoms with Crippen molar-refractivity contribution < 1.29 is 22.8 Å². The summed E-state index contributed by atoms with van der Waals surface area (Å²) in [4.78, 5) is 22.8. The van der Waals surface area contributed by atoms with Gasteiger partial charge in [0.1, 0.15) is 0 Å². The molecule has 0 bridgehead atoms. The Morgan fingerprint density at radius 1 is 1.25 bits per heavy atom. The molecule has 0 aromatic carbocycles. The van der Waals surface area contributed by atoms with E-state index in [1.54, 1.807) is 0 Å². The van der Waals surface area contributed by atoms with Crippen molar-refractivity contribution in [2.24, 2.45) is 5.92 Å². The summed E-state index contributed by atoms with van der Waals surface area (Å²) in [7, 11) is 0. The van der Waals surface area contributed by atoms with Crippen LogP contribution in [0.1, 0.15) is 12.8 Å². The van der Waals surface area contributed by atoms with Gasteiger partial charge in [-0.15, -0.1) is 11.6 Å². The van der Waals surface area contributed by atoms with E-state index in [2.05, 4.69) is 0 Å². The summed E-state index contributed by atoms with van der Waals surface area (Å²) in [5, 5.41) is 0. The molecule has 1 amide bonds. The standard InChI is InChI=1S/C9H11ClF3NO2/c10-5-7(15)6-1-3-14(4-2-6)8(16)9(11,12)13/h6H,1-5H2. The van der Waals surface area contributed by atoms with E-state index in [1.165, 1.54) is 0 Å². The molecule has 0 aromatic heterocycles. The minimum absolute atomic E-state index is 0.0361. The van der Waals surface area contributed by atoms with Gasteiger partial charge >= 0.3 is 12.1 Å². The number of nitrogens with zero attached hydrogens (tertiary/aromatic N) is 1. The highest BCUT2D eigenvalue weighted by Crippen LogP contribution is 2.24. The van der Waals surface area contributed by atoms with Crippen LogP contribution >= 0.6 is 11.6 Å². The van der Waals surface area contributed by atoms with Crippen LogP contribution in [0.25, 0.3) is 0 Å². The molecule has 7 heteroatoms. The van der Waals surface area contributed by atoms with Gasteiger partial charge in [0.2, 0.25) is 0 Å². The van der Waals surface area contributed by atoms with Crippen LogP contribution in [-0.4, -0.2) is 41.7 Å². The van der Waals surface area contributed by atoms with Crippen LogP contribution in [0.15, 0.2) is 0 Å². The van der Waals surface area contributed by atoms with Crippen LogP contribution < -0.4 is 0 Å². The average molecular weight is 258 g/mol. The lowest BCUT2D eigenvalue weighted by Gasteiger charge is -2.31. The Morgan fingerprint density at radius 3 is 2.12 bits per heavy atom. The molecule has 3 nitrogen and oxygen atoms in total. The molecule has 1 rings (SSSR count). The number of likely N-dealkylation sites (tertiary alicyclic amines) is 1. The molecule has 0 N–H and O–H groups in total. The first kappa shape index (κ1) is 13.3. The predicted molar refractivity (Wildman–Crippen MR) is 51.1 cm³/mol. The van der Waals surface area contributed by atoms with Crippen LogP contribution in [0.3, 0.4) is 0 Å². The second-order valence-electron chi connectivity index (χ2n) is 3.66. The second-order valence-corrected chi connectivity index (χ2v) is 3.93. The lowest BCUT2D eigenvalue weighted by atomic mass is 9.93. The summed E-state index contributed by atoms with van der Waals surface area (Å²) >= 11 is 5.35. The number of halogens is 4. The summed E-state index contributed by atoms with van der Waals surface area (Å²) in [6, 6.07) is 0. The van der Waals surface area contributed by atoms with Gasteiger partial charge in [-0.05, 0) is 12.8 Å². The van der Waals surface area contributed by atoms with Gasteiger partial charge in [-0.25, -0.2) is 0 Å². The molecule has 1 fully saturated rings. The number of hydrogen-bond donors (Lipinski definition) is 0. The molecule has 0 saturated carbocycles. The Bertz CT molecular complexity index is 285. The van der Waals surface area contributed by atoms with Gasteiger partial charge in [0.15, 0.2) is 5.78 Å². The van der Waals surface area contributed by atoms with Crippen LogP contribution in [0.2, 0.25) is 0 Å². The Balaban J connectivity index is 2.49. The predicted octanol–water partition coefficient (Wildman–Crippen LogP) is 1.60. The highest BCUT2D eigenvalue weighted by molar-refractivity contribution is 6.27. The lowest BCUT2D eigenvalue weighted by Crippen LogP contribution is -2.46. The summed E-state index contributed by atoms with van der Waals surface area (Å²) in [5.41, 5.74) is 0. The average Bonchev–Trinajstić information content (AvgIpc) is 2.26. The molecule has 0 spiro atoms. The molecule has 92 valence electrons. The Morgan fingerprint density at radius 2 is 1.75 bits per heavy atom. The zero-order valence-electron chi connectivity index (χ0n) is 8.39. The normalized spacial score (nSPS) is 18.6. The third kappa shape index (κ3) is 3.10. The highest BCUT2D eigenvalue weighted by atomic mass is 35.5. The summed E-state index contributed by atoms with van der Waals surface area (Å²) in [5.74, 6) is -2.43. The molecule has 1 heterocycles. The Hall–Kier alpha value is -0.780. The van der Waals surface area contributed by atoms with Gasteiger partial charge in [0.05, 0.1) is 5.88 Å². The minimum atomic E-state index is -4.83. The maximum absolute atomic E-state index is 12.1. The number of ketones is 1. The van der Waals surface area contributed by atoms with Gasteiger partial charge < -0.3 is 4.90 Å². The highest BCUT2D eigenvalue weighted by Gasteiger charge is 2.43. The Kier molecular flexibility index (Phi) is 4.18. The van der Waals surface area contributed by atoms with Crippen LogP contribution in [0, 0.1) is 5.92 Å². The van der Waals surface area contributed by atoms with E-state index in [0.717, 1.165) is 4.90 Å². The number of carbonyl (C=O) groups excluding carboxylic acids is 2.